The predicted octanol–water partition coefficient (Wildman–Crippen LogP) is 2.21. The maximum absolute atomic E-state index is 12.1. The Hall–Kier alpha value is -1.40. The minimum absolute atomic E-state index is 0.0332. The highest BCUT2D eigenvalue weighted by Crippen LogP contribution is 2.21. The Kier molecular flexibility index (Phi) is 4.86. The molecule has 0 bridgehead atoms. The van der Waals surface area contributed by atoms with Crippen LogP contribution in [0.5, 0.6) is 0 Å². The van der Waals surface area contributed by atoms with Crippen LogP contribution in [0, 0.1) is 0 Å². The number of hydrogen-bond acceptors (Lipinski definition) is 4. The van der Waals surface area contributed by atoms with E-state index in [9.17, 15) is 9.59 Å². The van der Waals surface area contributed by atoms with Gasteiger partial charge in [0.05, 0.1) is 5.56 Å². The van der Waals surface area contributed by atoms with Crippen LogP contribution >= 0.6 is 27.5 Å². The average molecular weight is 334 g/mol. The topological polar surface area (TPSA) is 70.5 Å². The maximum atomic E-state index is 12.1. The van der Waals surface area contributed by atoms with Crippen molar-refractivity contribution in [1.82, 2.24) is 9.88 Å². The molecule has 1 rings (SSSR count). The number of nitrogens with zero attached hydrogens (tertiary/aromatic N) is 2. The highest BCUT2D eigenvalue weighted by atomic mass is 79.9. The molecule has 1 aromatic heterocycles. The predicted molar refractivity (Wildman–Crippen MR) is 70.7 cm³/mol. The van der Waals surface area contributed by atoms with Crippen molar-refractivity contribution in [2.24, 2.45) is 0 Å². The second-order valence-corrected chi connectivity index (χ2v) is 4.91. The summed E-state index contributed by atoms with van der Waals surface area (Å²) in [5, 5.41) is 8.99. The molecule has 0 radical (unpaired) electrons. The van der Waals surface area contributed by atoms with Crippen molar-refractivity contribution in [3.8, 4) is 0 Å². The van der Waals surface area contributed by atoms with Gasteiger partial charge in [0.15, 0.2) is 0 Å². The SMILES string of the molecule is CN(C)/C=C(\C(=O)O)C(=O)c1cc(Br)cnc1Cl. The number of aliphatic carboxylic acids is 1. The van der Waals surface area contributed by atoms with Gasteiger partial charge in [-0.2, -0.15) is 0 Å². The van der Waals surface area contributed by atoms with Gasteiger partial charge in [-0.25, -0.2) is 9.78 Å². The molecule has 5 nitrogen and oxygen atoms in total. The summed E-state index contributed by atoms with van der Waals surface area (Å²) in [4.78, 5) is 28.4. The zero-order chi connectivity index (χ0) is 13.9. The van der Waals surface area contributed by atoms with E-state index in [1.807, 2.05) is 0 Å². The maximum Gasteiger partial charge on any atom is 0.341 e. The first-order valence-electron chi connectivity index (χ1n) is 4.80. The number of carbonyl (C=O) groups is 2. The molecule has 0 saturated heterocycles. The summed E-state index contributed by atoms with van der Waals surface area (Å²) >= 11 is 8.94. The molecule has 1 heterocycles. The van der Waals surface area contributed by atoms with Crippen molar-refractivity contribution in [1.29, 1.82) is 0 Å². The normalized spacial score (nSPS) is 11.2. The molecular weight excluding hydrogens is 323 g/mol. The zero-order valence-electron chi connectivity index (χ0n) is 9.65. The van der Waals surface area contributed by atoms with Gasteiger partial charge in [-0.05, 0) is 22.0 Å². The second kappa shape index (κ2) is 5.97. The first-order chi connectivity index (χ1) is 8.32. The third-order valence-corrected chi connectivity index (χ3v) is 2.65. The summed E-state index contributed by atoms with van der Waals surface area (Å²) < 4.78 is 0.546. The molecule has 0 aromatic carbocycles. The molecule has 0 amide bonds. The molecule has 0 unspecified atom stereocenters. The van der Waals surface area contributed by atoms with E-state index in [-0.39, 0.29) is 16.3 Å². The number of carbonyl (C=O) groups excluding carboxylic acids is 1. The third-order valence-electron chi connectivity index (χ3n) is 1.91. The molecule has 1 aromatic rings. The van der Waals surface area contributed by atoms with Gasteiger partial charge in [-0.3, -0.25) is 4.79 Å². The molecule has 1 N–H and O–H groups in total. The Bertz CT molecular complexity index is 529. The fraction of sp³-hybridized carbons (Fsp3) is 0.182. The van der Waals surface area contributed by atoms with Crippen molar-refractivity contribution < 1.29 is 14.7 Å². The monoisotopic (exact) mass is 332 g/mol. The quantitative estimate of drug-likeness (QED) is 0.301. The Morgan fingerprint density at radius 3 is 2.61 bits per heavy atom. The molecule has 0 aliphatic carbocycles. The van der Waals surface area contributed by atoms with Crippen molar-refractivity contribution in [3.05, 3.63) is 39.2 Å². The zero-order valence-corrected chi connectivity index (χ0v) is 12.0. The van der Waals surface area contributed by atoms with E-state index >= 15 is 0 Å². The number of carboxylic acids is 1. The Morgan fingerprint density at radius 1 is 1.50 bits per heavy atom. The van der Waals surface area contributed by atoms with E-state index in [4.69, 9.17) is 16.7 Å². The standard InChI is InChI=1S/C11H10BrClN2O3/c1-15(2)5-8(11(17)18)9(16)7-3-6(12)4-14-10(7)13/h3-5H,1-2H3,(H,17,18)/b8-5-. The van der Waals surface area contributed by atoms with Gasteiger partial charge < -0.3 is 10.0 Å². The summed E-state index contributed by atoms with van der Waals surface area (Å²) in [5.41, 5.74) is -0.330. The minimum atomic E-state index is -1.32. The number of ketones is 1. The highest BCUT2D eigenvalue weighted by molar-refractivity contribution is 9.10. The molecule has 0 spiro atoms. The lowest BCUT2D eigenvalue weighted by molar-refractivity contribution is -0.132. The Labute approximate surface area is 117 Å². The second-order valence-electron chi connectivity index (χ2n) is 3.63. The highest BCUT2D eigenvalue weighted by Gasteiger charge is 2.22. The number of halogens is 2. The number of pyridine rings is 1. The molecule has 0 saturated carbocycles. The average Bonchev–Trinajstić information content (AvgIpc) is 2.27. The smallest absolute Gasteiger partial charge is 0.341 e. The Balaban J connectivity index is 3.27. The van der Waals surface area contributed by atoms with E-state index in [1.54, 1.807) is 14.1 Å². The van der Waals surface area contributed by atoms with Crippen LogP contribution in [-0.4, -0.2) is 40.8 Å². The van der Waals surface area contributed by atoms with Crippen LogP contribution in [0.4, 0.5) is 0 Å². The van der Waals surface area contributed by atoms with E-state index in [0.717, 1.165) is 0 Å². The van der Waals surface area contributed by atoms with Gasteiger partial charge in [-0.1, -0.05) is 11.6 Å². The Morgan fingerprint density at radius 2 is 2.11 bits per heavy atom. The van der Waals surface area contributed by atoms with Crippen LogP contribution in [0.25, 0.3) is 0 Å². The van der Waals surface area contributed by atoms with Crippen molar-refractivity contribution >= 4 is 39.3 Å². The van der Waals surface area contributed by atoms with Gasteiger partial charge >= 0.3 is 5.97 Å². The number of rotatable bonds is 4. The van der Waals surface area contributed by atoms with Gasteiger partial charge in [0.2, 0.25) is 5.78 Å². The van der Waals surface area contributed by atoms with Crippen molar-refractivity contribution in [2.75, 3.05) is 14.1 Å². The van der Waals surface area contributed by atoms with Gasteiger partial charge in [0.1, 0.15) is 10.7 Å². The van der Waals surface area contributed by atoms with E-state index < -0.39 is 11.8 Å². The molecule has 18 heavy (non-hydrogen) atoms. The number of Topliss-reactive ketones (excluding diaryl/α,β-unsaturated/α-hetero) is 1. The summed E-state index contributed by atoms with van der Waals surface area (Å²) in [6.45, 7) is 0. The molecule has 96 valence electrons. The molecule has 7 heteroatoms. The summed E-state index contributed by atoms with van der Waals surface area (Å²) in [7, 11) is 3.24. The summed E-state index contributed by atoms with van der Waals surface area (Å²) in [5.74, 6) is -2.00. The van der Waals surface area contributed by atoms with Crippen LogP contribution in [0.1, 0.15) is 10.4 Å². The fourth-order valence-corrected chi connectivity index (χ4v) is 1.72. The first-order valence-corrected chi connectivity index (χ1v) is 5.97. The molecule has 0 aliphatic heterocycles. The van der Waals surface area contributed by atoms with Crippen LogP contribution in [0.2, 0.25) is 5.15 Å². The van der Waals surface area contributed by atoms with Crippen LogP contribution in [0.3, 0.4) is 0 Å². The molecular formula is C11H10BrClN2O3. The minimum Gasteiger partial charge on any atom is -0.477 e. The lowest BCUT2D eigenvalue weighted by Crippen LogP contribution is -2.17. The fourth-order valence-electron chi connectivity index (χ4n) is 1.20. The van der Waals surface area contributed by atoms with Crippen molar-refractivity contribution in [3.63, 3.8) is 0 Å². The number of hydrogen-bond donors (Lipinski definition) is 1. The van der Waals surface area contributed by atoms with Gasteiger partial charge in [0, 0.05) is 31.0 Å². The van der Waals surface area contributed by atoms with E-state index in [0.29, 0.717) is 4.47 Å². The number of carboxylic acid groups (broad SMARTS) is 1. The lowest BCUT2D eigenvalue weighted by atomic mass is 10.1. The molecule has 0 atom stereocenters. The lowest BCUT2D eigenvalue weighted by Gasteiger charge is -2.08. The first kappa shape index (κ1) is 14.7. The van der Waals surface area contributed by atoms with Crippen LogP contribution in [-0.2, 0) is 4.79 Å². The van der Waals surface area contributed by atoms with Crippen LogP contribution < -0.4 is 0 Å². The largest absolute Gasteiger partial charge is 0.477 e. The van der Waals surface area contributed by atoms with Gasteiger partial charge in [0.25, 0.3) is 0 Å². The van der Waals surface area contributed by atoms with Crippen LogP contribution in [0.15, 0.2) is 28.5 Å². The molecule has 0 aliphatic rings. The van der Waals surface area contributed by atoms with E-state index in [1.165, 1.54) is 23.4 Å². The summed E-state index contributed by atoms with van der Waals surface area (Å²) in [6.07, 6.45) is 2.65. The summed E-state index contributed by atoms with van der Waals surface area (Å²) in [6, 6.07) is 1.43. The van der Waals surface area contributed by atoms with Gasteiger partial charge in [-0.15, -0.1) is 0 Å². The van der Waals surface area contributed by atoms with E-state index in [2.05, 4.69) is 20.9 Å². The van der Waals surface area contributed by atoms with Crippen molar-refractivity contribution in [2.45, 2.75) is 0 Å². The number of aromatic nitrogens is 1. The third kappa shape index (κ3) is 3.54. The molecule has 0 fully saturated rings.